The molecule has 1 aromatic rings. The third kappa shape index (κ3) is 4.97. The van der Waals surface area contributed by atoms with Crippen molar-refractivity contribution in [3.8, 4) is 0 Å². The number of benzene rings is 1. The summed E-state index contributed by atoms with van der Waals surface area (Å²) in [5.41, 5.74) is 1.06. The van der Waals surface area contributed by atoms with Crippen LogP contribution in [0.25, 0.3) is 0 Å². The first-order valence-corrected chi connectivity index (χ1v) is 7.95. The Morgan fingerprint density at radius 3 is 2.46 bits per heavy atom. The number of nitrogens with zero attached hydrogens (tertiary/aromatic N) is 1. The maximum absolute atomic E-state index is 11.9. The summed E-state index contributed by atoms with van der Waals surface area (Å²) in [6.45, 7) is 7.04. The predicted molar refractivity (Wildman–Crippen MR) is 92.8 cm³/mol. The van der Waals surface area contributed by atoms with Gasteiger partial charge in [-0.3, -0.25) is 14.4 Å². The fraction of sp³-hybridized carbons (Fsp3) is 0.471. The fourth-order valence-electron chi connectivity index (χ4n) is 2.25. The number of hydrogen-bond donors (Lipinski definition) is 3. The maximum Gasteiger partial charge on any atom is 0.243 e. The number of hydrogen-bond acceptors (Lipinski definition) is 4. The summed E-state index contributed by atoms with van der Waals surface area (Å²) < 4.78 is 0. The van der Waals surface area contributed by atoms with Gasteiger partial charge in [0.2, 0.25) is 17.7 Å². The molecule has 130 valence electrons. The SMILES string of the molecule is CC(C)(C)C(=O)NCC(=O)Nc1ccc(N2CCNC(=O)C2)cc1. The highest BCUT2D eigenvalue weighted by Gasteiger charge is 2.21. The molecule has 1 fully saturated rings. The molecular weight excluding hydrogens is 308 g/mol. The van der Waals surface area contributed by atoms with E-state index in [1.165, 1.54) is 0 Å². The van der Waals surface area contributed by atoms with Gasteiger partial charge in [-0.1, -0.05) is 20.8 Å². The summed E-state index contributed by atoms with van der Waals surface area (Å²) in [5.74, 6) is -0.442. The van der Waals surface area contributed by atoms with Crippen molar-refractivity contribution in [3.05, 3.63) is 24.3 Å². The Labute approximate surface area is 141 Å². The van der Waals surface area contributed by atoms with Crippen molar-refractivity contribution in [2.45, 2.75) is 20.8 Å². The summed E-state index contributed by atoms with van der Waals surface area (Å²) in [7, 11) is 0. The van der Waals surface area contributed by atoms with Crippen LogP contribution in [0.3, 0.4) is 0 Å². The molecule has 0 atom stereocenters. The Hall–Kier alpha value is -2.57. The van der Waals surface area contributed by atoms with Crippen molar-refractivity contribution in [1.82, 2.24) is 10.6 Å². The van der Waals surface area contributed by atoms with E-state index in [1.807, 2.05) is 17.0 Å². The van der Waals surface area contributed by atoms with Gasteiger partial charge in [0.1, 0.15) is 0 Å². The third-order valence-corrected chi connectivity index (χ3v) is 3.65. The van der Waals surface area contributed by atoms with Gasteiger partial charge in [-0.15, -0.1) is 0 Å². The number of anilines is 2. The molecule has 24 heavy (non-hydrogen) atoms. The summed E-state index contributed by atoms with van der Waals surface area (Å²) >= 11 is 0. The van der Waals surface area contributed by atoms with Gasteiger partial charge in [-0.2, -0.15) is 0 Å². The second kappa shape index (κ2) is 7.33. The number of carbonyl (C=O) groups excluding carboxylic acids is 3. The van der Waals surface area contributed by atoms with Crippen LogP contribution in [0.5, 0.6) is 0 Å². The van der Waals surface area contributed by atoms with Crippen LogP contribution in [0.1, 0.15) is 20.8 Å². The molecule has 1 aliphatic rings. The van der Waals surface area contributed by atoms with Crippen molar-refractivity contribution in [1.29, 1.82) is 0 Å². The van der Waals surface area contributed by atoms with Crippen molar-refractivity contribution in [2.75, 3.05) is 36.4 Å². The van der Waals surface area contributed by atoms with Gasteiger partial charge in [0.25, 0.3) is 0 Å². The molecule has 1 heterocycles. The lowest BCUT2D eigenvalue weighted by atomic mass is 9.96. The van der Waals surface area contributed by atoms with Crippen molar-refractivity contribution >= 4 is 29.1 Å². The van der Waals surface area contributed by atoms with Gasteiger partial charge in [0.05, 0.1) is 13.1 Å². The smallest absolute Gasteiger partial charge is 0.243 e. The quantitative estimate of drug-likeness (QED) is 0.758. The number of amides is 3. The Balaban J connectivity index is 1.86. The highest BCUT2D eigenvalue weighted by atomic mass is 16.2. The topological polar surface area (TPSA) is 90.5 Å². The number of nitrogens with one attached hydrogen (secondary N) is 3. The predicted octanol–water partition coefficient (Wildman–Crippen LogP) is 0.724. The Morgan fingerprint density at radius 1 is 1.21 bits per heavy atom. The first-order chi connectivity index (χ1) is 11.3. The van der Waals surface area contributed by atoms with Crippen LogP contribution >= 0.6 is 0 Å². The molecule has 0 aromatic heterocycles. The molecule has 3 N–H and O–H groups in total. The van der Waals surface area contributed by atoms with Crippen molar-refractivity contribution in [2.24, 2.45) is 5.41 Å². The van der Waals surface area contributed by atoms with Gasteiger partial charge in [-0.25, -0.2) is 0 Å². The maximum atomic E-state index is 11.9. The number of piperazine rings is 1. The molecule has 0 bridgehead atoms. The third-order valence-electron chi connectivity index (χ3n) is 3.65. The van der Waals surface area contributed by atoms with Crippen LogP contribution in [0.2, 0.25) is 0 Å². The molecule has 7 nitrogen and oxygen atoms in total. The average molecular weight is 332 g/mol. The molecule has 0 radical (unpaired) electrons. The van der Waals surface area contributed by atoms with Gasteiger partial charge in [0.15, 0.2) is 0 Å². The van der Waals surface area contributed by atoms with Crippen molar-refractivity contribution < 1.29 is 14.4 Å². The minimum absolute atomic E-state index is 0.00761. The number of rotatable bonds is 4. The minimum Gasteiger partial charge on any atom is -0.360 e. The Kier molecular flexibility index (Phi) is 5.43. The molecule has 3 amide bonds. The first-order valence-electron chi connectivity index (χ1n) is 7.95. The molecular formula is C17H24N4O3. The van der Waals surface area contributed by atoms with E-state index >= 15 is 0 Å². The summed E-state index contributed by atoms with van der Waals surface area (Å²) in [4.78, 5) is 37.0. The molecule has 2 rings (SSSR count). The van der Waals surface area contributed by atoms with Crippen LogP contribution in [0.15, 0.2) is 24.3 Å². The molecule has 0 spiro atoms. The molecule has 0 aliphatic carbocycles. The highest BCUT2D eigenvalue weighted by Crippen LogP contribution is 2.18. The van der Waals surface area contributed by atoms with Gasteiger partial charge in [-0.05, 0) is 24.3 Å². The molecule has 1 saturated heterocycles. The first kappa shape index (κ1) is 17.8. The zero-order chi connectivity index (χ0) is 17.7. The van der Waals surface area contributed by atoms with Crippen molar-refractivity contribution in [3.63, 3.8) is 0 Å². The zero-order valence-corrected chi connectivity index (χ0v) is 14.3. The monoisotopic (exact) mass is 332 g/mol. The molecule has 1 aromatic carbocycles. The average Bonchev–Trinajstić information content (AvgIpc) is 2.52. The second-order valence-corrected chi connectivity index (χ2v) is 6.80. The molecule has 0 unspecified atom stereocenters. The Morgan fingerprint density at radius 2 is 1.88 bits per heavy atom. The summed E-state index contributed by atoms with van der Waals surface area (Å²) in [5, 5.41) is 8.12. The zero-order valence-electron chi connectivity index (χ0n) is 14.3. The van der Waals surface area contributed by atoms with Crippen LogP contribution in [0.4, 0.5) is 11.4 Å². The number of carbonyl (C=O) groups is 3. The Bertz CT molecular complexity index is 620. The summed E-state index contributed by atoms with van der Waals surface area (Å²) in [6, 6.07) is 7.29. The van der Waals surface area contributed by atoms with Crippen LogP contribution in [-0.2, 0) is 14.4 Å². The van der Waals surface area contributed by atoms with Crippen LogP contribution < -0.4 is 20.9 Å². The van der Waals surface area contributed by atoms with E-state index in [-0.39, 0.29) is 24.3 Å². The lowest BCUT2D eigenvalue weighted by Crippen LogP contribution is -2.47. The fourth-order valence-corrected chi connectivity index (χ4v) is 2.25. The van der Waals surface area contributed by atoms with E-state index in [0.717, 1.165) is 12.2 Å². The lowest BCUT2D eigenvalue weighted by Gasteiger charge is -2.28. The summed E-state index contributed by atoms with van der Waals surface area (Å²) in [6.07, 6.45) is 0. The van der Waals surface area contributed by atoms with Gasteiger partial charge in [0, 0.05) is 29.9 Å². The highest BCUT2D eigenvalue weighted by molar-refractivity contribution is 5.95. The van der Waals surface area contributed by atoms with E-state index < -0.39 is 5.41 Å². The molecule has 7 heteroatoms. The van der Waals surface area contributed by atoms with E-state index in [0.29, 0.717) is 18.8 Å². The van der Waals surface area contributed by atoms with Crippen LogP contribution in [-0.4, -0.2) is 43.9 Å². The second-order valence-electron chi connectivity index (χ2n) is 6.80. The van der Waals surface area contributed by atoms with Gasteiger partial charge < -0.3 is 20.9 Å². The molecule has 1 aliphatic heterocycles. The normalized spacial score (nSPS) is 14.8. The van der Waals surface area contributed by atoms with E-state index in [9.17, 15) is 14.4 Å². The minimum atomic E-state index is -0.525. The van der Waals surface area contributed by atoms with Crippen LogP contribution in [0, 0.1) is 5.41 Å². The largest absolute Gasteiger partial charge is 0.360 e. The lowest BCUT2D eigenvalue weighted by molar-refractivity contribution is -0.130. The van der Waals surface area contributed by atoms with E-state index in [4.69, 9.17) is 0 Å². The molecule has 0 saturated carbocycles. The van der Waals surface area contributed by atoms with E-state index in [2.05, 4.69) is 16.0 Å². The standard InChI is InChI=1S/C17H24N4O3/c1-17(2,3)16(24)19-10-14(22)20-12-4-6-13(7-5-12)21-9-8-18-15(23)11-21/h4-7H,8-11H2,1-3H3,(H,18,23)(H,19,24)(H,20,22). The van der Waals surface area contributed by atoms with E-state index in [1.54, 1.807) is 32.9 Å². The van der Waals surface area contributed by atoms with Gasteiger partial charge >= 0.3 is 0 Å².